The lowest BCUT2D eigenvalue weighted by Crippen LogP contribution is -2.05. The largest absolute Gasteiger partial charge is 0.341 e. The van der Waals surface area contributed by atoms with Crippen LogP contribution in [0.25, 0.3) is 22.3 Å². The van der Waals surface area contributed by atoms with E-state index in [0.29, 0.717) is 0 Å². The molecule has 5 nitrogen and oxygen atoms in total. The molecule has 1 amide bonds. The van der Waals surface area contributed by atoms with Gasteiger partial charge in [0.25, 0.3) is 0 Å². The molecule has 2 N–H and O–H groups in total. The van der Waals surface area contributed by atoms with Crippen LogP contribution in [0.15, 0.2) is 66.9 Å². The lowest BCUT2D eigenvalue weighted by atomic mass is 10.1. The Bertz CT molecular complexity index is 1070. The van der Waals surface area contributed by atoms with Crippen molar-refractivity contribution in [2.75, 3.05) is 5.32 Å². The molecule has 0 spiro atoms. The van der Waals surface area contributed by atoms with Crippen molar-refractivity contribution in [3.63, 3.8) is 0 Å². The molecule has 4 rings (SSSR count). The second-order valence-electron chi connectivity index (χ2n) is 6.52. The molecule has 5 heteroatoms. The van der Waals surface area contributed by atoms with Crippen molar-refractivity contribution < 1.29 is 4.79 Å². The average molecular weight is 356 g/mol. The van der Waals surface area contributed by atoms with E-state index in [-0.39, 0.29) is 5.91 Å². The number of aromatic nitrogens is 3. The van der Waals surface area contributed by atoms with Gasteiger partial charge < -0.3 is 10.3 Å². The number of hydrogen-bond donors (Lipinski definition) is 2. The number of carbonyl (C=O) groups excluding carboxylic acids is 1. The van der Waals surface area contributed by atoms with Crippen LogP contribution in [0.2, 0.25) is 0 Å². The molecule has 0 aliphatic carbocycles. The Balaban J connectivity index is 1.47. The number of nitrogens with one attached hydrogen (secondary N) is 2. The van der Waals surface area contributed by atoms with E-state index < -0.39 is 0 Å². The van der Waals surface area contributed by atoms with E-state index in [2.05, 4.69) is 38.5 Å². The highest BCUT2D eigenvalue weighted by Crippen LogP contribution is 2.21. The third-order valence-corrected chi connectivity index (χ3v) is 4.42. The fraction of sp³-hybridized carbons (Fsp3) is 0.136. The quantitative estimate of drug-likeness (QED) is 0.558. The van der Waals surface area contributed by atoms with Crippen LogP contribution in [0.4, 0.5) is 5.69 Å². The van der Waals surface area contributed by atoms with Crippen LogP contribution in [0, 0.1) is 0 Å². The summed E-state index contributed by atoms with van der Waals surface area (Å²) in [5.41, 5.74) is 5.92. The Morgan fingerprint density at radius 2 is 1.78 bits per heavy atom. The standard InChI is InChI=1S/C22H20N4O/c1-15(27)24-19-10-7-16(8-11-19)9-12-21-25-20-13-18(14-23-22(20)26-21)17-5-3-2-4-6-17/h2-8,10-11,13-14H,9,12H2,1H3,(H,24,27)(H,23,25,26). The number of benzene rings is 2. The first-order valence-corrected chi connectivity index (χ1v) is 8.94. The predicted octanol–water partition coefficient (Wildman–Crippen LogP) is 4.37. The summed E-state index contributed by atoms with van der Waals surface area (Å²) in [5.74, 6) is 0.862. The Hall–Kier alpha value is -3.47. The summed E-state index contributed by atoms with van der Waals surface area (Å²) in [5, 5.41) is 2.78. The van der Waals surface area contributed by atoms with Crippen molar-refractivity contribution >= 4 is 22.8 Å². The molecule has 2 heterocycles. The van der Waals surface area contributed by atoms with Gasteiger partial charge in [-0.15, -0.1) is 0 Å². The van der Waals surface area contributed by atoms with Crippen molar-refractivity contribution in [1.82, 2.24) is 15.0 Å². The Morgan fingerprint density at radius 1 is 1.00 bits per heavy atom. The monoisotopic (exact) mass is 356 g/mol. The molecule has 0 aliphatic rings. The van der Waals surface area contributed by atoms with Crippen LogP contribution in [0.1, 0.15) is 18.3 Å². The minimum Gasteiger partial charge on any atom is -0.341 e. The topological polar surface area (TPSA) is 70.7 Å². The minimum atomic E-state index is -0.0626. The molecule has 27 heavy (non-hydrogen) atoms. The van der Waals surface area contributed by atoms with E-state index in [1.807, 2.05) is 48.7 Å². The summed E-state index contributed by atoms with van der Waals surface area (Å²) in [6.45, 7) is 1.51. The van der Waals surface area contributed by atoms with Gasteiger partial charge in [-0.2, -0.15) is 0 Å². The lowest BCUT2D eigenvalue weighted by molar-refractivity contribution is -0.114. The van der Waals surface area contributed by atoms with Gasteiger partial charge in [-0.25, -0.2) is 9.97 Å². The molecule has 0 radical (unpaired) electrons. The van der Waals surface area contributed by atoms with Gasteiger partial charge in [-0.1, -0.05) is 42.5 Å². The van der Waals surface area contributed by atoms with Crippen LogP contribution < -0.4 is 5.32 Å². The number of fused-ring (bicyclic) bond motifs is 1. The van der Waals surface area contributed by atoms with Gasteiger partial charge >= 0.3 is 0 Å². The summed E-state index contributed by atoms with van der Waals surface area (Å²) in [4.78, 5) is 23.5. The second kappa shape index (κ2) is 7.41. The first kappa shape index (κ1) is 17.0. The number of imidazole rings is 1. The number of hydrogen-bond acceptors (Lipinski definition) is 3. The zero-order valence-corrected chi connectivity index (χ0v) is 15.1. The fourth-order valence-corrected chi connectivity index (χ4v) is 3.08. The highest BCUT2D eigenvalue weighted by atomic mass is 16.1. The maximum absolute atomic E-state index is 11.1. The van der Waals surface area contributed by atoms with Gasteiger partial charge in [0.15, 0.2) is 5.65 Å². The molecule has 4 aromatic rings. The van der Waals surface area contributed by atoms with Gasteiger partial charge in [0, 0.05) is 30.8 Å². The van der Waals surface area contributed by atoms with E-state index in [9.17, 15) is 4.79 Å². The summed E-state index contributed by atoms with van der Waals surface area (Å²) in [7, 11) is 0. The van der Waals surface area contributed by atoms with Gasteiger partial charge in [-0.3, -0.25) is 4.79 Å². The molecule has 2 aromatic carbocycles. The molecule has 0 saturated heterocycles. The van der Waals surface area contributed by atoms with Crippen LogP contribution in [0.5, 0.6) is 0 Å². The zero-order valence-electron chi connectivity index (χ0n) is 15.1. The molecule has 2 aromatic heterocycles. The van der Waals surface area contributed by atoms with E-state index >= 15 is 0 Å². The van der Waals surface area contributed by atoms with Gasteiger partial charge in [-0.05, 0) is 35.7 Å². The Labute approximate surface area is 157 Å². The first-order valence-electron chi connectivity index (χ1n) is 8.94. The molecule has 134 valence electrons. The smallest absolute Gasteiger partial charge is 0.221 e. The van der Waals surface area contributed by atoms with Gasteiger partial charge in [0.2, 0.25) is 5.91 Å². The minimum absolute atomic E-state index is 0.0626. The summed E-state index contributed by atoms with van der Waals surface area (Å²) in [6.07, 6.45) is 3.53. The third kappa shape index (κ3) is 4.03. The molecule has 0 fully saturated rings. The highest BCUT2D eigenvalue weighted by Gasteiger charge is 2.07. The van der Waals surface area contributed by atoms with Crippen LogP contribution in [-0.4, -0.2) is 20.9 Å². The summed E-state index contributed by atoms with van der Waals surface area (Å²) < 4.78 is 0. The summed E-state index contributed by atoms with van der Waals surface area (Å²) >= 11 is 0. The molecule has 0 saturated carbocycles. The number of pyridine rings is 1. The molecular weight excluding hydrogens is 336 g/mol. The number of amides is 1. The van der Waals surface area contributed by atoms with Crippen molar-refractivity contribution in [2.24, 2.45) is 0 Å². The maximum atomic E-state index is 11.1. The van der Waals surface area contributed by atoms with Gasteiger partial charge in [0.05, 0.1) is 5.52 Å². The SMILES string of the molecule is CC(=O)Nc1ccc(CCc2nc3ncc(-c4ccccc4)cc3[nH]2)cc1. The molecular formula is C22H20N4O. The lowest BCUT2D eigenvalue weighted by Gasteiger charge is -2.04. The number of carbonyl (C=O) groups is 1. The van der Waals surface area contributed by atoms with E-state index in [0.717, 1.165) is 46.6 Å². The van der Waals surface area contributed by atoms with Crippen molar-refractivity contribution in [1.29, 1.82) is 0 Å². The number of anilines is 1. The van der Waals surface area contributed by atoms with Gasteiger partial charge in [0.1, 0.15) is 5.82 Å². The normalized spacial score (nSPS) is 10.9. The molecule has 0 bridgehead atoms. The first-order chi connectivity index (χ1) is 13.2. The average Bonchev–Trinajstić information content (AvgIpc) is 3.10. The number of aryl methyl sites for hydroxylation is 2. The van der Waals surface area contributed by atoms with E-state index in [1.54, 1.807) is 0 Å². The highest BCUT2D eigenvalue weighted by molar-refractivity contribution is 5.88. The van der Waals surface area contributed by atoms with Crippen LogP contribution in [-0.2, 0) is 17.6 Å². The maximum Gasteiger partial charge on any atom is 0.221 e. The number of H-pyrrole nitrogens is 1. The van der Waals surface area contributed by atoms with E-state index in [1.165, 1.54) is 12.5 Å². The second-order valence-corrected chi connectivity index (χ2v) is 6.52. The molecule has 0 aliphatic heterocycles. The Morgan fingerprint density at radius 3 is 2.52 bits per heavy atom. The zero-order chi connectivity index (χ0) is 18.6. The third-order valence-electron chi connectivity index (χ3n) is 4.42. The Kier molecular flexibility index (Phi) is 4.66. The fourth-order valence-electron chi connectivity index (χ4n) is 3.08. The number of aromatic amines is 1. The van der Waals surface area contributed by atoms with Crippen LogP contribution in [0.3, 0.4) is 0 Å². The number of nitrogens with zero attached hydrogens (tertiary/aromatic N) is 2. The molecule has 0 atom stereocenters. The van der Waals surface area contributed by atoms with Crippen molar-refractivity contribution in [3.05, 3.63) is 78.2 Å². The predicted molar refractivity (Wildman–Crippen MR) is 107 cm³/mol. The van der Waals surface area contributed by atoms with Crippen molar-refractivity contribution in [2.45, 2.75) is 19.8 Å². The summed E-state index contributed by atoms with van der Waals surface area (Å²) in [6, 6.07) is 20.2. The van der Waals surface area contributed by atoms with Crippen LogP contribution >= 0.6 is 0 Å². The van der Waals surface area contributed by atoms with Crippen molar-refractivity contribution in [3.8, 4) is 11.1 Å². The molecule has 0 unspecified atom stereocenters. The number of rotatable bonds is 5. The van der Waals surface area contributed by atoms with E-state index in [4.69, 9.17) is 0 Å².